The summed E-state index contributed by atoms with van der Waals surface area (Å²) in [7, 11) is 0. The largest absolute Gasteiger partial charge is 0.489 e. The molecule has 2 heterocycles. The van der Waals surface area contributed by atoms with Crippen molar-refractivity contribution in [3.63, 3.8) is 0 Å². The van der Waals surface area contributed by atoms with Crippen molar-refractivity contribution in [1.82, 2.24) is 20.5 Å². The minimum absolute atomic E-state index is 0.112. The first-order valence-electron chi connectivity index (χ1n) is 12.8. The van der Waals surface area contributed by atoms with Gasteiger partial charge in [0.25, 0.3) is 5.91 Å². The van der Waals surface area contributed by atoms with E-state index in [-0.39, 0.29) is 18.0 Å². The van der Waals surface area contributed by atoms with Gasteiger partial charge in [-0.2, -0.15) is 13.2 Å². The lowest BCUT2D eigenvalue weighted by Crippen LogP contribution is -2.38. The molecule has 0 atom stereocenters. The number of carbonyl (C=O) groups is 2. The third-order valence-corrected chi connectivity index (χ3v) is 6.42. The van der Waals surface area contributed by atoms with E-state index in [1.54, 1.807) is 17.3 Å². The molecule has 1 aliphatic carbocycles. The van der Waals surface area contributed by atoms with E-state index >= 15 is 0 Å². The predicted molar refractivity (Wildman–Crippen MR) is 134 cm³/mol. The number of hydrogen-bond donors (Lipinski definition) is 2. The Bertz CT molecular complexity index is 990. The molecule has 2 aliphatic rings. The summed E-state index contributed by atoms with van der Waals surface area (Å²) in [5.41, 5.74) is -1.000. The highest BCUT2D eigenvalue weighted by Crippen LogP contribution is 2.29. The number of alkyl halides is 3. The van der Waals surface area contributed by atoms with Gasteiger partial charge in [-0.3, -0.25) is 14.6 Å². The normalized spacial score (nSPS) is 19.5. The molecule has 0 spiro atoms. The molecule has 7 nitrogen and oxygen atoms in total. The lowest BCUT2D eigenvalue weighted by atomic mass is 9.93. The van der Waals surface area contributed by atoms with Crippen LogP contribution in [0.2, 0.25) is 0 Å². The quantitative estimate of drug-likeness (QED) is 0.564. The van der Waals surface area contributed by atoms with Gasteiger partial charge in [-0.25, -0.2) is 0 Å². The van der Waals surface area contributed by atoms with Crippen molar-refractivity contribution in [3.05, 3.63) is 59.9 Å². The SMILES string of the molecule is CCNC1CCC(Oc2cccnc2)CC1.O=C(NCC(=O)N1CCCC1)c1cccc(C(F)(F)F)c1. The number of ether oxygens (including phenoxy) is 1. The fourth-order valence-corrected chi connectivity index (χ4v) is 4.46. The van der Waals surface area contributed by atoms with Crippen LogP contribution >= 0.6 is 0 Å². The third-order valence-electron chi connectivity index (χ3n) is 6.42. The first-order valence-corrected chi connectivity index (χ1v) is 12.8. The number of aromatic nitrogens is 1. The fraction of sp³-hybridized carbons (Fsp3) is 0.519. The Morgan fingerprint density at radius 3 is 2.43 bits per heavy atom. The van der Waals surface area contributed by atoms with Gasteiger partial charge >= 0.3 is 6.18 Å². The van der Waals surface area contributed by atoms with Gasteiger partial charge in [-0.15, -0.1) is 0 Å². The van der Waals surface area contributed by atoms with E-state index < -0.39 is 17.6 Å². The van der Waals surface area contributed by atoms with Crippen molar-refractivity contribution >= 4 is 11.8 Å². The van der Waals surface area contributed by atoms with Crippen molar-refractivity contribution in [2.24, 2.45) is 0 Å². The van der Waals surface area contributed by atoms with E-state index in [9.17, 15) is 22.8 Å². The van der Waals surface area contributed by atoms with Crippen LogP contribution in [0, 0.1) is 0 Å². The van der Waals surface area contributed by atoms with Crippen molar-refractivity contribution in [1.29, 1.82) is 0 Å². The molecule has 2 N–H and O–H groups in total. The number of carbonyl (C=O) groups excluding carboxylic acids is 2. The second-order valence-corrected chi connectivity index (χ2v) is 9.19. The molecule has 37 heavy (non-hydrogen) atoms. The average molecular weight is 521 g/mol. The summed E-state index contributed by atoms with van der Waals surface area (Å²) in [5, 5.41) is 5.86. The smallest absolute Gasteiger partial charge is 0.416 e. The third kappa shape index (κ3) is 9.35. The number of benzene rings is 1. The molecule has 10 heteroatoms. The van der Waals surface area contributed by atoms with E-state index in [2.05, 4.69) is 22.5 Å². The Balaban J connectivity index is 0.000000213. The lowest BCUT2D eigenvalue weighted by molar-refractivity contribution is -0.137. The van der Waals surface area contributed by atoms with Gasteiger partial charge in [0, 0.05) is 30.9 Å². The van der Waals surface area contributed by atoms with Crippen molar-refractivity contribution in [2.45, 2.75) is 63.8 Å². The molecule has 0 bridgehead atoms. The number of rotatable bonds is 7. The molecule has 2 fully saturated rings. The summed E-state index contributed by atoms with van der Waals surface area (Å²) in [5.74, 6) is -0.00382. The number of likely N-dealkylation sites (tertiary alicyclic amines) is 1. The maximum Gasteiger partial charge on any atom is 0.416 e. The maximum absolute atomic E-state index is 12.6. The van der Waals surface area contributed by atoms with Crippen LogP contribution in [0.5, 0.6) is 5.75 Å². The number of halogens is 3. The highest BCUT2D eigenvalue weighted by Gasteiger charge is 2.31. The average Bonchev–Trinajstić information content (AvgIpc) is 3.44. The predicted octanol–water partition coefficient (Wildman–Crippen LogP) is 4.44. The molecule has 0 radical (unpaired) electrons. The minimum atomic E-state index is -4.50. The first kappa shape index (κ1) is 28.4. The Kier molecular flexibility index (Phi) is 10.7. The zero-order chi connectivity index (χ0) is 26.7. The number of amides is 2. The summed E-state index contributed by atoms with van der Waals surface area (Å²) < 4.78 is 43.6. The summed E-state index contributed by atoms with van der Waals surface area (Å²) in [6.07, 6.45) is 6.05. The van der Waals surface area contributed by atoms with Gasteiger partial charge in [-0.1, -0.05) is 13.0 Å². The minimum Gasteiger partial charge on any atom is -0.489 e. The molecule has 2 aromatic rings. The molecule has 1 aliphatic heterocycles. The number of pyridine rings is 1. The van der Waals surface area contributed by atoms with E-state index in [1.165, 1.54) is 25.0 Å². The molecule has 0 unspecified atom stereocenters. The van der Waals surface area contributed by atoms with Gasteiger partial charge in [0.1, 0.15) is 5.75 Å². The Labute approximate surface area is 215 Å². The molecular formula is C27H35F3N4O3. The molecule has 1 aromatic heterocycles. The monoisotopic (exact) mass is 520 g/mol. The van der Waals surface area contributed by atoms with Crippen LogP contribution in [0.25, 0.3) is 0 Å². The number of nitrogens with zero attached hydrogens (tertiary/aromatic N) is 2. The van der Waals surface area contributed by atoms with Crippen LogP contribution in [0.15, 0.2) is 48.8 Å². The topological polar surface area (TPSA) is 83.6 Å². The van der Waals surface area contributed by atoms with Gasteiger partial charge in [0.05, 0.1) is 24.4 Å². The van der Waals surface area contributed by atoms with Gasteiger partial charge in [0.15, 0.2) is 0 Å². The molecule has 1 saturated heterocycles. The first-order chi connectivity index (χ1) is 17.8. The van der Waals surface area contributed by atoms with E-state index in [0.29, 0.717) is 25.2 Å². The Morgan fingerprint density at radius 1 is 1.08 bits per heavy atom. The van der Waals surface area contributed by atoms with E-state index in [4.69, 9.17) is 4.74 Å². The number of nitrogens with one attached hydrogen (secondary N) is 2. The zero-order valence-corrected chi connectivity index (χ0v) is 21.1. The Morgan fingerprint density at radius 2 is 1.81 bits per heavy atom. The van der Waals surface area contributed by atoms with Crippen molar-refractivity contribution < 1.29 is 27.5 Å². The van der Waals surface area contributed by atoms with Crippen LogP contribution in [0.1, 0.15) is 61.4 Å². The lowest BCUT2D eigenvalue weighted by Gasteiger charge is -2.29. The highest BCUT2D eigenvalue weighted by atomic mass is 19.4. The fourth-order valence-electron chi connectivity index (χ4n) is 4.46. The van der Waals surface area contributed by atoms with E-state index in [1.807, 2.05) is 12.1 Å². The van der Waals surface area contributed by atoms with Gasteiger partial charge in [-0.05, 0) is 75.4 Å². The summed E-state index contributed by atoms with van der Waals surface area (Å²) in [6.45, 7) is 4.36. The molecule has 2 amide bonds. The van der Waals surface area contributed by atoms with Gasteiger partial charge in [0.2, 0.25) is 5.91 Å². The van der Waals surface area contributed by atoms with Crippen LogP contribution in [-0.4, -0.2) is 60.0 Å². The van der Waals surface area contributed by atoms with Crippen LogP contribution in [0.4, 0.5) is 13.2 Å². The molecule has 1 saturated carbocycles. The van der Waals surface area contributed by atoms with Crippen LogP contribution in [-0.2, 0) is 11.0 Å². The van der Waals surface area contributed by atoms with Crippen LogP contribution < -0.4 is 15.4 Å². The number of hydrogen-bond acceptors (Lipinski definition) is 5. The summed E-state index contributed by atoms with van der Waals surface area (Å²) in [6, 6.07) is 8.70. The van der Waals surface area contributed by atoms with E-state index in [0.717, 1.165) is 50.1 Å². The summed E-state index contributed by atoms with van der Waals surface area (Å²) >= 11 is 0. The standard InChI is InChI=1S/C14H15F3N2O2.C13H20N2O/c15-14(16,17)11-5-3-4-10(8-11)13(21)18-9-12(20)19-6-1-2-7-19;1-2-15-11-5-7-12(8-6-11)16-13-4-3-9-14-10-13/h3-5,8H,1-2,6-7,9H2,(H,18,21);3-4,9-12,15H,2,5-8H2,1H3. The van der Waals surface area contributed by atoms with Crippen molar-refractivity contribution in [3.8, 4) is 5.75 Å². The molecule has 202 valence electrons. The highest BCUT2D eigenvalue weighted by molar-refractivity contribution is 5.96. The molecule has 4 rings (SSSR count). The second kappa shape index (κ2) is 14.0. The van der Waals surface area contributed by atoms with Gasteiger partial charge < -0.3 is 20.3 Å². The maximum atomic E-state index is 12.6. The van der Waals surface area contributed by atoms with Crippen LogP contribution in [0.3, 0.4) is 0 Å². The molecular weight excluding hydrogens is 485 g/mol. The Hall–Kier alpha value is -3.14. The zero-order valence-electron chi connectivity index (χ0n) is 21.1. The molecule has 1 aromatic carbocycles. The van der Waals surface area contributed by atoms with Crippen molar-refractivity contribution in [2.75, 3.05) is 26.2 Å². The summed E-state index contributed by atoms with van der Waals surface area (Å²) in [4.78, 5) is 29.2. The second-order valence-electron chi connectivity index (χ2n) is 9.19.